The van der Waals surface area contributed by atoms with Crippen LogP contribution in [0.5, 0.6) is 0 Å². The second-order valence-corrected chi connectivity index (χ2v) is 3.86. The average molecular weight is 124 g/mol. The largest absolute Gasteiger partial charge is 0.0651 e. The molecule has 0 aromatic carbocycles. The van der Waals surface area contributed by atoms with E-state index in [-0.39, 0.29) is 0 Å². The molecule has 0 aromatic heterocycles. The van der Waals surface area contributed by atoms with Crippen LogP contribution in [0.15, 0.2) is 0 Å². The van der Waals surface area contributed by atoms with Gasteiger partial charge in [0.25, 0.3) is 0 Å². The monoisotopic (exact) mass is 124 g/mol. The van der Waals surface area contributed by atoms with E-state index in [1.807, 2.05) is 0 Å². The minimum absolute atomic E-state index is 0.911. The van der Waals surface area contributed by atoms with Crippen molar-refractivity contribution in [3.8, 4) is 0 Å². The summed E-state index contributed by atoms with van der Waals surface area (Å²) in [5.74, 6) is 1.12. The van der Waals surface area contributed by atoms with Gasteiger partial charge < -0.3 is 0 Å². The Morgan fingerprint density at radius 3 is 2.56 bits per heavy atom. The third-order valence-corrected chi connectivity index (χ3v) is 3.48. The summed E-state index contributed by atoms with van der Waals surface area (Å²) in [7, 11) is 0. The van der Waals surface area contributed by atoms with Gasteiger partial charge in [0.05, 0.1) is 0 Å². The smallest absolute Gasteiger partial charge is 0.0269 e. The van der Waals surface area contributed by atoms with E-state index in [2.05, 4.69) is 6.92 Å². The van der Waals surface area contributed by atoms with Crippen LogP contribution >= 0.6 is 0 Å². The molecule has 1 atom stereocenters. The van der Waals surface area contributed by atoms with Crippen LogP contribution in [0, 0.1) is 11.3 Å². The molecule has 0 nitrogen and oxygen atoms in total. The number of rotatable bonds is 1. The first kappa shape index (κ1) is 5.76. The van der Waals surface area contributed by atoms with Crippen LogP contribution in [0.2, 0.25) is 0 Å². The summed E-state index contributed by atoms with van der Waals surface area (Å²) in [4.78, 5) is 0. The molecule has 9 heavy (non-hydrogen) atoms. The Labute approximate surface area is 57.6 Å². The van der Waals surface area contributed by atoms with E-state index in [9.17, 15) is 0 Å². The van der Waals surface area contributed by atoms with Gasteiger partial charge >= 0.3 is 0 Å². The predicted octanol–water partition coefficient (Wildman–Crippen LogP) is 2.98. The van der Waals surface area contributed by atoms with Gasteiger partial charge in [0.15, 0.2) is 0 Å². The van der Waals surface area contributed by atoms with Gasteiger partial charge in [-0.3, -0.25) is 0 Å². The number of hydrogen-bond acceptors (Lipinski definition) is 0. The molecule has 0 aliphatic heterocycles. The van der Waals surface area contributed by atoms with Gasteiger partial charge in [-0.25, -0.2) is 0 Å². The van der Waals surface area contributed by atoms with Crippen LogP contribution in [0.3, 0.4) is 0 Å². The fourth-order valence-corrected chi connectivity index (χ4v) is 2.67. The average Bonchev–Trinajstić information content (AvgIpc) is 2.45. The van der Waals surface area contributed by atoms with E-state index in [1.54, 1.807) is 19.3 Å². The van der Waals surface area contributed by atoms with E-state index >= 15 is 0 Å². The lowest BCUT2D eigenvalue weighted by molar-refractivity contribution is 0.354. The molecule has 0 amide bonds. The van der Waals surface area contributed by atoms with Crippen molar-refractivity contribution in [1.29, 1.82) is 0 Å². The summed E-state index contributed by atoms with van der Waals surface area (Å²) in [6.07, 6.45) is 9.19. The zero-order chi connectivity index (χ0) is 6.32. The summed E-state index contributed by atoms with van der Waals surface area (Å²) in [6.45, 7) is 2.36. The first-order valence-electron chi connectivity index (χ1n) is 4.37. The summed E-state index contributed by atoms with van der Waals surface area (Å²) >= 11 is 0. The maximum atomic E-state index is 2.36. The molecule has 2 aliphatic carbocycles. The highest BCUT2D eigenvalue weighted by molar-refractivity contribution is 5.01. The molecule has 52 valence electrons. The Bertz CT molecular complexity index is 111. The standard InChI is InChI=1S/C9H16/c1-2-8-4-3-5-9(8)6-7-9/h8H,2-7H2,1H3/t8-/m0/s1. The van der Waals surface area contributed by atoms with Crippen molar-refractivity contribution >= 4 is 0 Å². The fraction of sp³-hybridized carbons (Fsp3) is 1.00. The van der Waals surface area contributed by atoms with Crippen LogP contribution < -0.4 is 0 Å². The lowest BCUT2D eigenvalue weighted by Gasteiger charge is -2.14. The topological polar surface area (TPSA) is 0 Å². The van der Waals surface area contributed by atoms with E-state index in [0.29, 0.717) is 0 Å². The van der Waals surface area contributed by atoms with Gasteiger partial charge in [-0.2, -0.15) is 0 Å². The molecule has 2 rings (SSSR count). The predicted molar refractivity (Wildman–Crippen MR) is 39.3 cm³/mol. The van der Waals surface area contributed by atoms with E-state index in [1.165, 1.54) is 19.3 Å². The van der Waals surface area contributed by atoms with Crippen molar-refractivity contribution in [2.45, 2.75) is 45.4 Å². The summed E-state index contributed by atoms with van der Waals surface area (Å²) in [5.41, 5.74) is 0.911. The van der Waals surface area contributed by atoms with Crippen molar-refractivity contribution < 1.29 is 0 Å². The van der Waals surface area contributed by atoms with Crippen LogP contribution in [-0.4, -0.2) is 0 Å². The molecular formula is C9H16. The normalized spacial score (nSPS) is 37.7. The minimum Gasteiger partial charge on any atom is -0.0651 e. The third kappa shape index (κ3) is 0.720. The van der Waals surface area contributed by atoms with Crippen molar-refractivity contribution in [2.75, 3.05) is 0 Å². The Balaban J connectivity index is 2.05. The Hall–Kier alpha value is 0. The maximum absolute atomic E-state index is 2.36. The second kappa shape index (κ2) is 1.74. The van der Waals surface area contributed by atoms with Crippen molar-refractivity contribution in [1.82, 2.24) is 0 Å². The zero-order valence-corrected chi connectivity index (χ0v) is 6.32. The van der Waals surface area contributed by atoms with Gasteiger partial charge in [-0.1, -0.05) is 19.8 Å². The maximum Gasteiger partial charge on any atom is -0.0269 e. The van der Waals surface area contributed by atoms with Gasteiger partial charge in [0.2, 0.25) is 0 Å². The van der Waals surface area contributed by atoms with Crippen molar-refractivity contribution in [3.05, 3.63) is 0 Å². The molecule has 0 heteroatoms. The van der Waals surface area contributed by atoms with Crippen molar-refractivity contribution in [3.63, 3.8) is 0 Å². The lowest BCUT2D eigenvalue weighted by atomic mass is 9.91. The Morgan fingerprint density at radius 2 is 2.11 bits per heavy atom. The molecule has 0 unspecified atom stereocenters. The first-order valence-corrected chi connectivity index (χ1v) is 4.37. The molecule has 0 heterocycles. The van der Waals surface area contributed by atoms with E-state index in [0.717, 1.165) is 11.3 Å². The second-order valence-electron chi connectivity index (χ2n) is 3.86. The quantitative estimate of drug-likeness (QED) is 0.504. The highest BCUT2D eigenvalue weighted by Crippen LogP contribution is 2.62. The van der Waals surface area contributed by atoms with Crippen LogP contribution in [0.25, 0.3) is 0 Å². The van der Waals surface area contributed by atoms with Crippen LogP contribution in [0.1, 0.15) is 45.4 Å². The van der Waals surface area contributed by atoms with Crippen LogP contribution in [0.4, 0.5) is 0 Å². The summed E-state index contributed by atoms with van der Waals surface area (Å²) < 4.78 is 0. The van der Waals surface area contributed by atoms with Gasteiger partial charge in [-0.05, 0) is 37.0 Å². The van der Waals surface area contributed by atoms with Gasteiger partial charge in [0.1, 0.15) is 0 Å². The minimum atomic E-state index is 0.911. The van der Waals surface area contributed by atoms with E-state index < -0.39 is 0 Å². The zero-order valence-electron chi connectivity index (χ0n) is 6.32. The highest BCUT2D eigenvalue weighted by atomic mass is 14.6. The van der Waals surface area contributed by atoms with Crippen molar-refractivity contribution in [2.24, 2.45) is 11.3 Å². The molecule has 0 bridgehead atoms. The molecule has 0 saturated heterocycles. The van der Waals surface area contributed by atoms with Gasteiger partial charge in [-0.15, -0.1) is 0 Å². The molecule has 2 saturated carbocycles. The fourth-order valence-electron chi connectivity index (χ4n) is 2.67. The molecule has 0 N–H and O–H groups in total. The Morgan fingerprint density at radius 1 is 1.33 bits per heavy atom. The summed E-state index contributed by atoms with van der Waals surface area (Å²) in [6, 6.07) is 0. The lowest BCUT2D eigenvalue weighted by Crippen LogP contribution is -2.05. The molecule has 0 radical (unpaired) electrons. The Kier molecular flexibility index (Phi) is 1.12. The van der Waals surface area contributed by atoms with Gasteiger partial charge in [0, 0.05) is 0 Å². The van der Waals surface area contributed by atoms with E-state index in [4.69, 9.17) is 0 Å². The molecule has 2 fully saturated rings. The summed E-state index contributed by atoms with van der Waals surface area (Å²) in [5, 5.41) is 0. The molecule has 1 spiro atoms. The highest BCUT2D eigenvalue weighted by Gasteiger charge is 2.50. The first-order chi connectivity index (χ1) is 4.37. The molecule has 2 aliphatic rings. The third-order valence-electron chi connectivity index (χ3n) is 3.48. The number of hydrogen-bond donors (Lipinski definition) is 0. The van der Waals surface area contributed by atoms with Crippen LogP contribution in [-0.2, 0) is 0 Å². The SMILES string of the molecule is CC[C@H]1CCCC12CC2. The molecular weight excluding hydrogens is 108 g/mol. The molecule has 0 aromatic rings.